The van der Waals surface area contributed by atoms with Crippen molar-refractivity contribution in [3.63, 3.8) is 0 Å². The molecule has 2 aromatic rings. The van der Waals surface area contributed by atoms with Crippen molar-refractivity contribution in [3.8, 4) is 0 Å². The van der Waals surface area contributed by atoms with Gasteiger partial charge in [0.25, 0.3) is 0 Å². The molecule has 0 aromatic carbocycles. The van der Waals surface area contributed by atoms with E-state index in [2.05, 4.69) is 44.6 Å². The van der Waals surface area contributed by atoms with Crippen molar-refractivity contribution >= 4 is 0 Å². The van der Waals surface area contributed by atoms with E-state index in [4.69, 9.17) is 9.97 Å². The van der Waals surface area contributed by atoms with Gasteiger partial charge in [0, 0.05) is 30.1 Å². The molecule has 2 N–H and O–H groups in total. The van der Waals surface area contributed by atoms with Crippen LogP contribution in [0.2, 0.25) is 0 Å². The molecule has 2 heterocycles. The third-order valence-electron chi connectivity index (χ3n) is 8.05. The van der Waals surface area contributed by atoms with E-state index in [1.807, 2.05) is 0 Å². The average molecular weight is 513 g/mol. The normalized spacial score (nSPS) is 11.7. The number of aryl methyl sites for hydroxylation is 4. The Morgan fingerprint density at radius 3 is 1.14 bits per heavy atom. The number of unbranched alkanes of at least 4 members (excludes halogenated alkanes) is 16. The first kappa shape index (κ1) is 31.6. The van der Waals surface area contributed by atoms with Gasteiger partial charge in [-0.1, -0.05) is 124 Å². The molecular formula is C33H60N4. The van der Waals surface area contributed by atoms with Crippen LogP contribution in [-0.4, -0.2) is 19.9 Å². The van der Waals surface area contributed by atoms with Gasteiger partial charge in [0.15, 0.2) is 0 Å². The molecule has 4 heteroatoms. The lowest BCUT2D eigenvalue weighted by Gasteiger charge is -2.12. The standard InChI is InChI=1S/C33H60N4/c1-6-9-11-13-15-17-19-21-23-25-30-34-27(4)32(36-30)29(8-3)33-28(5)35-31(37-33)26-24-22-20-18-16-14-12-10-7-2/h29H,6-26H2,1-5H3,(H,34,36)(H,35,37). The van der Waals surface area contributed by atoms with Gasteiger partial charge < -0.3 is 9.97 Å². The Morgan fingerprint density at radius 1 is 0.486 bits per heavy atom. The van der Waals surface area contributed by atoms with Crippen LogP contribution in [-0.2, 0) is 12.8 Å². The van der Waals surface area contributed by atoms with E-state index >= 15 is 0 Å². The molecule has 2 rings (SSSR count). The van der Waals surface area contributed by atoms with Crippen molar-refractivity contribution in [3.05, 3.63) is 34.4 Å². The van der Waals surface area contributed by atoms with E-state index in [0.717, 1.165) is 30.9 Å². The number of rotatable bonds is 23. The van der Waals surface area contributed by atoms with Crippen LogP contribution in [0.1, 0.15) is 183 Å². The fourth-order valence-electron chi connectivity index (χ4n) is 5.71. The number of H-pyrrole nitrogens is 2. The molecule has 0 atom stereocenters. The summed E-state index contributed by atoms with van der Waals surface area (Å²) < 4.78 is 0. The second-order valence-corrected chi connectivity index (χ2v) is 11.5. The molecule has 212 valence electrons. The topological polar surface area (TPSA) is 57.4 Å². The Morgan fingerprint density at radius 2 is 0.811 bits per heavy atom. The van der Waals surface area contributed by atoms with Crippen LogP contribution in [0.25, 0.3) is 0 Å². The number of nitrogens with one attached hydrogen (secondary N) is 2. The Hall–Kier alpha value is -1.58. The zero-order valence-electron chi connectivity index (χ0n) is 25.3. The molecule has 0 amide bonds. The highest BCUT2D eigenvalue weighted by Gasteiger charge is 2.23. The minimum Gasteiger partial charge on any atom is -0.346 e. The molecule has 0 aliphatic carbocycles. The summed E-state index contributed by atoms with van der Waals surface area (Å²) in [7, 11) is 0. The van der Waals surface area contributed by atoms with Gasteiger partial charge >= 0.3 is 0 Å². The lowest BCUT2D eigenvalue weighted by atomic mass is 9.96. The summed E-state index contributed by atoms with van der Waals surface area (Å²) in [6.07, 6.45) is 27.8. The van der Waals surface area contributed by atoms with Crippen LogP contribution in [0.4, 0.5) is 0 Å². The van der Waals surface area contributed by atoms with Crippen LogP contribution in [0, 0.1) is 13.8 Å². The lowest BCUT2D eigenvalue weighted by Crippen LogP contribution is -2.05. The molecule has 4 nitrogen and oxygen atoms in total. The Labute approximate surface area is 229 Å². The van der Waals surface area contributed by atoms with Gasteiger partial charge in [0.1, 0.15) is 11.6 Å². The predicted molar refractivity (Wildman–Crippen MR) is 161 cm³/mol. The van der Waals surface area contributed by atoms with Gasteiger partial charge in [-0.3, -0.25) is 0 Å². The molecule has 0 unspecified atom stereocenters. The first-order valence-corrected chi connectivity index (χ1v) is 16.2. The van der Waals surface area contributed by atoms with E-state index in [1.54, 1.807) is 0 Å². The first-order chi connectivity index (χ1) is 18.1. The van der Waals surface area contributed by atoms with Crippen molar-refractivity contribution in [1.82, 2.24) is 19.9 Å². The van der Waals surface area contributed by atoms with Crippen LogP contribution >= 0.6 is 0 Å². The third-order valence-corrected chi connectivity index (χ3v) is 8.05. The molecule has 0 saturated carbocycles. The molecule has 2 aromatic heterocycles. The number of aromatic nitrogens is 4. The molecule has 37 heavy (non-hydrogen) atoms. The van der Waals surface area contributed by atoms with Crippen molar-refractivity contribution in [1.29, 1.82) is 0 Å². The number of imidazole rings is 2. The lowest BCUT2D eigenvalue weighted by molar-refractivity contribution is 0.562. The largest absolute Gasteiger partial charge is 0.346 e. The van der Waals surface area contributed by atoms with Crippen LogP contribution in [0.15, 0.2) is 0 Å². The number of hydrogen-bond acceptors (Lipinski definition) is 2. The Balaban J connectivity index is 1.76. The molecule has 0 aliphatic heterocycles. The summed E-state index contributed by atoms with van der Waals surface area (Å²) in [6, 6.07) is 0. The minimum atomic E-state index is 0.279. The highest BCUT2D eigenvalue weighted by Crippen LogP contribution is 2.30. The maximum absolute atomic E-state index is 5.09. The highest BCUT2D eigenvalue weighted by atomic mass is 15.0. The summed E-state index contributed by atoms with van der Waals surface area (Å²) in [5.41, 5.74) is 4.86. The first-order valence-electron chi connectivity index (χ1n) is 16.2. The highest BCUT2D eigenvalue weighted by molar-refractivity contribution is 5.30. The number of aromatic amines is 2. The van der Waals surface area contributed by atoms with Gasteiger partial charge in [0.05, 0.1) is 11.4 Å². The van der Waals surface area contributed by atoms with Gasteiger partial charge in [0.2, 0.25) is 0 Å². The van der Waals surface area contributed by atoms with E-state index in [9.17, 15) is 0 Å². The van der Waals surface area contributed by atoms with Gasteiger partial charge in [-0.15, -0.1) is 0 Å². The third kappa shape index (κ3) is 12.2. The van der Waals surface area contributed by atoms with Crippen molar-refractivity contribution < 1.29 is 0 Å². The molecule has 0 fully saturated rings. The van der Waals surface area contributed by atoms with Crippen molar-refractivity contribution in [2.24, 2.45) is 0 Å². The Kier molecular flexibility index (Phi) is 16.7. The van der Waals surface area contributed by atoms with Crippen molar-refractivity contribution in [2.45, 2.75) is 175 Å². The van der Waals surface area contributed by atoms with E-state index < -0.39 is 0 Å². The summed E-state index contributed by atoms with van der Waals surface area (Å²) in [4.78, 5) is 17.4. The quantitative estimate of drug-likeness (QED) is 0.145. The number of nitrogens with zero attached hydrogens (tertiary/aromatic N) is 2. The van der Waals surface area contributed by atoms with Crippen LogP contribution in [0.3, 0.4) is 0 Å². The SMILES string of the molecule is CCCCCCCCCCCc1nc(C(CC)c2nc(CCCCCCCCCCC)[nH]c2C)c(C)[nH]1. The fourth-order valence-corrected chi connectivity index (χ4v) is 5.71. The zero-order chi connectivity index (χ0) is 26.7. The van der Waals surface area contributed by atoms with Crippen LogP contribution < -0.4 is 0 Å². The van der Waals surface area contributed by atoms with E-state index in [1.165, 1.54) is 138 Å². The zero-order valence-corrected chi connectivity index (χ0v) is 25.3. The summed E-state index contributed by atoms with van der Waals surface area (Å²) in [5.74, 6) is 2.61. The molecular weight excluding hydrogens is 452 g/mol. The van der Waals surface area contributed by atoms with Gasteiger partial charge in [-0.25, -0.2) is 9.97 Å². The monoisotopic (exact) mass is 512 g/mol. The van der Waals surface area contributed by atoms with E-state index in [0.29, 0.717) is 0 Å². The summed E-state index contributed by atoms with van der Waals surface area (Å²) in [5, 5.41) is 0. The fraction of sp³-hybridized carbons (Fsp3) is 0.818. The smallest absolute Gasteiger partial charge is 0.106 e. The molecule has 0 bridgehead atoms. The summed E-state index contributed by atoms with van der Waals surface area (Å²) in [6.45, 7) is 11.2. The second kappa shape index (κ2) is 19.5. The minimum absolute atomic E-state index is 0.279. The maximum Gasteiger partial charge on any atom is 0.106 e. The van der Waals surface area contributed by atoms with E-state index in [-0.39, 0.29) is 5.92 Å². The molecule has 0 spiro atoms. The van der Waals surface area contributed by atoms with Crippen LogP contribution in [0.5, 0.6) is 0 Å². The summed E-state index contributed by atoms with van der Waals surface area (Å²) >= 11 is 0. The molecule has 0 radical (unpaired) electrons. The van der Waals surface area contributed by atoms with Crippen molar-refractivity contribution in [2.75, 3.05) is 0 Å². The number of hydrogen-bond donors (Lipinski definition) is 2. The van der Waals surface area contributed by atoms with Gasteiger partial charge in [-0.2, -0.15) is 0 Å². The molecule has 0 aliphatic rings. The molecule has 0 saturated heterocycles. The second-order valence-electron chi connectivity index (χ2n) is 11.5. The predicted octanol–water partition coefficient (Wildman–Crippen LogP) is 10.4. The maximum atomic E-state index is 5.09. The van der Waals surface area contributed by atoms with Gasteiger partial charge in [-0.05, 0) is 33.1 Å². The Bertz CT molecular complexity index is 752. The average Bonchev–Trinajstić information content (AvgIpc) is 3.44.